The van der Waals surface area contributed by atoms with Crippen LogP contribution in [0.15, 0.2) is 11.2 Å². The summed E-state index contributed by atoms with van der Waals surface area (Å²) in [5.74, 6) is -0.760. The van der Waals surface area contributed by atoms with E-state index >= 15 is 0 Å². The molecule has 0 aliphatic heterocycles. The number of rotatable bonds is 7. The molecule has 0 saturated heterocycles. The van der Waals surface area contributed by atoms with Crippen LogP contribution in [0.2, 0.25) is 0 Å². The second-order valence-corrected chi connectivity index (χ2v) is 5.73. The number of nitrogens with one attached hydrogen (secondary N) is 1. The summed E-state index contributed by atoms with van der Waals surface area (Å²) < 4.78 is 63.8. The summed E-state index contributed by atoms with van der Waals surface area (Å²) >= 11 is 0.724. The van der Waals surface area contributed by atoms with E-state index in [1.165, 1.54) is 11.7 Å². The van der Waals surface area contributed by atoms with E-state index < -0.39 is 30.7 Å². The van der Waals surface area contributed by atoms with E-state index in [1.807, 2.05) is 0 Å². The van der Waals surface area contributed by atoms with E-state index in [-0.39, 0.29) is 17.5 Å². The van der Waals surface area contributed by atoms with Crippen LogP contribution in [-0.2, 0) is 24.9 Å². The molecule has 1 amide bonds. The third kappa shape index (κ3) is 5.65. The van der Waals surface area contributed by atoms with Gasteiger partial charge in [0.2, 0.25) is 11.1 Å². The molecule has 0 bridgehead atoms. The molecule has 0 saturated carbocycles. The van der Waals surface area contributed by atoms with Crippen LogP contribution in [0.1, 0.15) is 17.8 Å². The monoisotopic (exact) mass is 385 g/mol. The van der Waals surface area contributed by atoms with Gasteiger partial charge in [0.25, 0.3) is 6.43 Å². The lowest BCUT2D eigenvalue weighted by atomic mass is 10.3. The molecule has 25 heavy (non-hydrogen) atoms. The van der Waals surface area contributed by atoms with Crippen molar-refractivity contribution in [2.24, 2.45) is 7.05 Å². The number of aryl methyl sites for hydroxylation is 1. The lowest BCUT2D eigenvalue weighted by Crippen LogP contribution is -2.26. The lowest BCUT2D eigenvalue weighted by molar-refractivity contribution is -0.144. The van der Waals surface area contributed by atoms with Crippen LogP contribution in [0.3, 0.4) is 0 Å². The SMILES string of the molecule is Cn1nc(C(F)F)cc1CNC(=O)CSc1nnnn1CC(F)(F)F. The summed E-state index contributed by atoms with van der Waals surface area (Å²) in [6.07, 6.45) is -7.21. The van der Waals surface area contributed by atoms with Gasteiger partial charge in [0.05, 0.1) is 18.0 Å². The van der Waals surface area contributed by atoms with Crippen LogP contribution in [0.5, 0.6) is 0 Å². The second kappa shape index (κ2) is 7.76. The molecule has 2 rings (SSSR count). The fourth-order valence-electron chi connectivity index (χ4n) is 1.74. The molecule has 1 N–H and O–H groups in total. The maximum Gasteiger partial charge on any atom is 0.408 e. The highest BCUT2D eigenvalue weighted by Crippen LogP contribution is 2.21. The third-order valence-electron chi connectivity index (χ3n) is 2.85. The van der Waals surface area contributed by atoms with Crippen LogP contribution in [0, 0.1) is 0 Å². The highest BCUT2D eigenvalue weighted by molar-refractivity contribution is 7.99. The van der Waals surface area contributed by atoms with Gasteiger partial charge in [0, 0.05) is 7.05 Å². The van der Waals surface area contributed by atoms with Crippen molar-refractivity contribution in [2.75, 3.05) is 5.75 Å². The minimum absolute atomic E-state index is 0.0525. The maximum absolute atomic E-state index is 12.5. The molecule has 0 fully saturated rings. The number of carbonyl (C=O) groups excluding carboxylic acids is 1. The minimum Gasteiger partial charge on any atom is -0.350 e. The number of carbonyl (C=O) groups is 1. The average Bonchev–Trinajstić information content (AvgIpc) is 3.08. The average molecular weight is 385 g/mol. The molecule has 0 radical (unpaired) electrons. The fraction of sp³-hybridized carbons (Fsp3) is 0.545. The molecular weight excluding hydrogens is 373 g/mol. The topological polar surface area (TPSA) is 90.5 Å². The van der Waals surface area contributed by atoms with E-state index in [0.717, 1.165) is 17.8 Å². The molecule has 0 aliphatic rings. The summed E-state index contributed by atoms with van der Waals surface area (Å²) in [7, 11) is 1.45. The third-order valence-corrected chi connectivity index (χ3v) is 3.80. The molecule has 0 unspecified atom stereocenters. The van der Waals surface area contributed by atoms with E-state index in [1.54, 1.807) is 0 Å². The Morgan fingerprint density at radius 3 is 2.72 bits per heavy atom. The predicted molar refractivity (Wildman–Crippen MR) is 74.6 cm³/mol. The Morgan fingerprint density at radius 2 is 2.12 bits per heavy atom. The van der Waals surface area contributed by atoms with E-state index in [4.69, 9.17) is 0 Å². The molecule has 2 aromatic rings. The van der Waals surface area contributed by atoms with Crippen molar-refractivity contribution < 1.29 is 26.7 Å². The van der Waals surface area contributed by atoms with Gasteiger partial charge in [-0.2, -0.15) is 18.3 Å². The Balaban J connectivity index is 1.85. The fourth-order valence-corrected chi connectivity index (χ4v) is 2.45. The summed E-state index contributed by atoms with van der Waals surface area (Å²) in [5, 5.41) is 15.6. The smallest absolute Gasteiger partial charge is 0.350 e. The first kappa shape index (κ1) is 19.1. The number of tetrazole rings is 1. The first-order chi connectivity index (χ1) is 11.7. The van der Waals surface area contributed by atoms with Crippen molar-refractivity contribution in [1.29, 1.82) is 0 Å². The summed E-state index contributed by atoms with van der Waals surface area (Å²) in [5.41, 5.74) is -0.0528. The van der Waals surface area contributed by atoms with Crippen molar-refractivity contribution in [3.63, 3.8) is 0 Å². The number of alkyl halides is 5. The quantitative estimate of drug-likeness (QED) is 0.571. The van der Waals surface area contributed by atoms with E-state index in [0.29, 0.717) is 10.4 Å². The van der Waals surface area contributed by atoms with Crippen molar-refractivity contribution in [3.05, 3.63) is 17.5 Å². The largest absolute Gasteiger partial charge is 0.408 e. The van der Waals surface area contributed by atoms with E-state index in [9.17, 15) is 26.7 Å². The van der Waals surface area contributed by atoms with Crippen LogP contribution in [-0.4, -0.2) is 47.8 Å². The van der Waals surface area contributed by atoms with Crippen molar-refractivity contribution in [3.8, 4) is 0 Å². The number of hydrogen-bond acceptors (Lipinski definition) is 6. The van der Waals surface area contributed by atoms with Crippen LogP contribution < -0.4 is 5.32 Å². The molecule has 8 nitrogen and oxygen atoms in total. The number of nitrogens with zero attached hydrogens (tertiary/aromatic N) is 6. The van der Waals surface area contributed by atoms with Crippen LogP contribution in [0.25, 0.3) is 0 Å². The Kier molecular flexibility index (Phi) is 5.92. The van der Waals surface area contributed by atoms with Crippen molar-refractivity contribution in [2.45, 2.75) is 30.8 Å². The summed E-state index contributed by atoms with van der Waals surface area (Å²) in [6.45, 7) is -1.42. The first-order valence-corrected chi connectivity index (χ1v) is 7.67. The molecule has 0 aromatic carbocycles. The molecule has 2 heterocycles. The van der Waals surface area contributed by atoms with Gasteiger partial charge in [-0.25, -0.2) is 13.5 Å². The highest BCUT2D eigenvalue weighted by atomic mass is 32.2. The van der Waals surface area contributed by atoms with Gasteiger partial charge < -0.3 is 5.32 Å². The maximum atomic E-state index is 12.5. The van der Waals surface area contributed by atoms with Gasteiger partial charge in [0.15, 0.2) is 0 Å². The number of amides is 1. The molecular formula is C11H12F5N7OS. The Bertz CT molecular complexity index is 729. The van der Waals surface area contributed by atoms with Crippen LogP contribution in [0.4, 0.5) is 22.0 Å². The van der Waals surface area contributed by atoms with Gasteiger partial charge in [-0.05, 0) is 16.5 Å². The van der Waals surface area contributed by atoms with Crippen molar-refractivity contribution >= 4 is 17.7 Å². The summed E-state index contributed by atoms with van der Waals surface area (Å²) in [4.78, 5) is 11.8. The van der Waals surface area contributed by atoms with Gasteiger partial charge in [-0.3, -0.25) is 9.48 Å². The van der Waals surface area contributed by atoms with Crippen LogP contribution >= 0.6 is 11.8 Å². The zero-order valence-electron chi connectivity index (χ0n) is 12.7. The zero-order valence-corrected chi connectivity index (χ0v) is 13.5. The Hall–Kier alpha value is -2.25. The number of thioether (sulfide) groups is 1. The first-order valence-electron chi connectivity index (χ1n) is 6.69. The molecule has 0 aliphatic carbocycles. The predicted octanol–water partition coefficient (Wildman–Crippen LogP) is 1.31. The molecule has 0 atom stereocenters. The van der Waals surface area contributed by atoms with Crippen molar-refractivity contribution in [1.82, 2.24) is 35.3 Å². The van der Waals surface area contributed by atoms with Gasteiger partial charge in [-0.1, -0.05) is 11.8 Å². The summed E-state index contributed by atoms with van der Waals surface area (Å²) in [6, 6.07) is 1.15. The normalized spacial score (nSPS) is 12.0. The number of hydrogen-bond donors (Lipinski definition) is 1. The van der Waals surface area contributed by atoms with Gasteiger partial charge in [-0.15, -0.1) is 5.10 Å². The zero-order chi connectivity index (χ0) is 18.6. The number of halogens is 5. The standard InChI is InChI=1S/C11H12F5N7OS/c1-22-6(2-7(19-22)9(12)13)3-17-8(24)4-25-10-18-20-21-23(10)5-11(14,15)16/h2,9H,3-5H2,1H3,(H,17,24). The second-order valence-electron chi connectivity index (χ2n) is 4.78. The van der Waals surface area contributed by atoms with E-state index in [2.05, 4.69) is 25.9 Å². The molecule has 14 heteroatoms. The number of aromatic nitrogens is 6. The highest BCUT2D eigenvalue weighted by Gasteiger charge is 2.30. The van der Waals surface area contributed by atoms with Gasteiger partial charge in [0.1, 0.15) is 12.2 Å². The molecule has 2 aromatic heterocycles. The molecule has 0 spiro atoms. The Labute approximate surface area is 141 Å². The Morgan fingerprint density at radius 1 is 1.40 bits per heavy atom. The molecule has 138 valence electrons. The minimum atomic E-state index is -4.49. The van der Waals surface area contributed by atoms with Gasteiger partial charge >= 0.3 is 6.18 Å². The lowest BCUT2D eigenvalue weighted by Gasteiger charge is -2.08.